The summed E-state index contributed by atoms with van der Waals surface area (Å²) in [5, 5.41) is 5.48. The summed E-state index contributed by atoms with van der Waals surface area (Å²) < 4.78 is 6.89. The summed E-state index contributed by atoms with van der Waals surface area (Å²) in [7, 11) is 3.38. The van der Waals surface area contributed by atoms with Crippen LogP contribution in [0, 0.1) is 6.92 Å². The van der Waals surface area contributed by atoms with Crippen LogP contribution in [0.25, 0.3) is 0 Å². The number of aromatic nitrogens is 4. The van der Waals surface area contributed by atoms with Gasteiger partial charge in [0.1, 0.15) is 5.69 Å². The maximum Gasteiger partial charge on any atom is 0.257 e. The molecule has 0 bridgehead atoms. The van der Waals surface area contributed by atoms with Gasteiger partial charge in [-0.15, -0.1) is 0 Å². The third-order valence-electron chi connectivity index (χ3n) is 2.99. The molecule has 3 rings (SSSR count). The number of imidazole rings is 1. The fourth-order valence-corrected chi connectivity index (χ4v) is 2.01. The van der Waals surface area contributed by atoms with Gasteiger partial charge >= 0.3 is 0 Å². The molecule has 8 heteroatoms. The number of rotatable bonds is 3. The minimum absolute atomic E-state index is 0.177. The van der Waals surface area contributed by atoms with Gasteiger partial charge in [-0.3, -0.25) is 4.79 Å². The van der Waals surface area contributed by atoms with Gasteiger partial charge in [0, 0.05) is 25.0 Å². The predicted octanol–water partition coefficient (Wildman–Crippen LogP) is 0.668. The third kappa shape index (κ3) is 2.47. The average Bonchev–Trinajstić information content (AvgIpc) is 3.04. The lowest BCUT2D eigenvalue weighted by atomic mass is 10.2. The fraction of sp³-hybridized carbons (Fsp3) is 0.308. The first-order chi connectivity index (χ1) is 10.1. The van der Waals surface area contributed by atoms with Gasteiger partial charge in [-0.05, 0) is 6.92 Å². The van der Waals surface area contributed by atoms with Crippen molar-refractivity contribution in [1.29, 1.82) is 0 Å². The molecule has 0 spiro atoms. The highest BCUT2D eigenvalue weighted by atomic mass is 16.5. The zero-order valence-corrected chi connectivity index (χ0v) is 11.9. The van der Waals surface area contributed by atoms with E-state index in [0.717, 1.165) is 0 Å². The lowest BCUT2D eigenvalue weighted by molar-refractivity contribution is -0.117. The first-order valence-corrected chi connectivity index (χ1v) is 6.35. The Hall–Kier alpha value is -2.77. The summed E-state index contributed by atoms with van der Waals surface area (Å²) in [5.41, 5.74) is 1.98. The van der Waals surface area contributed by atoms with Crippen LogP contribution in [-0.2, 0) is 11.8 Å². The molecule has 2 aromatic rings. The number of ether oxygens (including phenoxy) is 1. The molecule has 0 saturated heterocycles. The second-order valence-electron chi connectivity index (χ2n) is 4.71. The smallest absolute Gasteiger partial charge is 0.257 e. The van der Waals surface area contributed by atoms with Crippen molar-refractivity contribution in [1.82, 2.24) is 19.5 Å². The zero-order chi connectivity index (χ0) is 15.0. The van der Waals surface area contributed by atoms with Crippen molar-refractivity contribution in [3.8, 4) is 5.88 Å². The Morgan fingerprint density at radius 1 is 1.33 bits per heavy atom. The van der Waals surface area contributed by atoms with E-state index in [1.807, 2.05) is 13.2 Å². The number of nitrogens with zero attached hydrogens (tertiary/aromatic N) is 6. The number of hydrogen-bond donors (Lipinski definition) is 0. The largest absolute Gasteiger partial charge is 0.481 e. The van der Waals surface area contributed by atoms with E-state index in [1.165, 1.54) is 12.1 Å². The Morgan fingerprint density at radius 2 is 2.14 bits per heavy atom. The number of hydrazone groups is 1. The summed E-state index contributed by atoms with van der Waals surface area (Å²) in [6.07, 6.45) is 3.65. The van der Waals surface area contributed by atoms with Crippen molar-refractivity contribution in [2.45, 2.75) is 13.3 Å². The highest BCUT2D eigenvalue weighted by molar-refractivity contribution is 6.18. The summed E-state index contributed by atoms with van der Waals surface area (Å²) in [6.45, 7) is 1.80. The quantitative estimate of drug-likeness (QED) is 0.827. The Kier molecular flexibility index (Phi) is 3.13. The summed E-state index contributed by atoms with van der Waals surface area (Å²) in [5.74, 6) is 0.415. The van der Waals surface area contributed by atoms with Crippen molar-refractivity contribution in [2.75, 3.05) is 12.1 Å². The molecular formula is C13H14N6O2. The van der Waals surface area contributed by atoms with Crippen LogP contribution in [0.1, 0.15) is 17.8 Å². The van der Waals surface area contributed by atoms with E-state index in [9.17, 15) is 4.79 Å². The van der Waals surface area contributed by atoms with Gasteiger partial charge < -0.3 is 9.30 Å². The van der Waals surface area contributed by atoms with E-state index in [4.69, 9.17) is 4.74 Å². The molecule has 0 aromatic carbocycles. The van der Waals surface area contributed by atoms with Gasteiger partial charge in [0.15, 0.2) is 0 Å². The number of carbonyl (C=O) groups excluding carboxylic acids is 1. The zero-order valence-electron chi connectivity index (χ0n) is 11.9. The summed E-state index contributed by atoms with van der Waals surface area (Å²) >= 11 is 0. The Balaban J connectivity index is 1.97. The highest BCUT2D eigenvalue weighted by Gasteiger charge is 2.29. The topological polar surface area (TPSA) is 85.5 Å². The lowest BCUT2D eigenvalue weighted by Gasteiger charge is -2.10. The maximum absolute atomic E-state index is 12.1. The number of methoxy groups -OCH3 is 1. The molecule has 1 aliphatic rings. The van der Waals surface area contributed by atoms with E-state index in [0.29, 0.717) is 23.0 Å². The molecule has 0 atom stereocenters. The number of amides is 1. The van der Waals surface area contributed by atoms with Gasteiger partial charge in [0.05, 0.1) is 25.6 Å². The van der Waals surface area contributed by atoms with Crippen LogP contribution >= 0.6 is 0 Å². The second kappa shape index (κ2) is 4.97. The van der Waals surface area contributed by atoms with E-state index in [1.54, 1.807) is 23.9 Å². The second-order valence-corrected chi connectivity index (χ2v) is 4.71. The van der Waals surface area contributed by atoms with Crippen molar-refractivity contribution in [2.24, 2.45) is 12.1 Å². The normalized spacial score (nSPS) is 14.5. The molecule has 8 nitrogen and oxygen atoms in total. The first-order valence-electron chi connectivity index (χ1n) is 6.35. The van der Waals surface area contributed by atoms with Crippen molar-refractivity contribution >= 4 is 17.6 Å². The van der Waals surface area contributed by atoms with Gasteiger partial charge in [-0.25, -0.2) is 9.97 Å². The molecule has 108 valence electrons. The van der Waals surface area contributed by atoms with Crippen LogP contribution in [0.15, 0.2) is 23.7 Å². The molecule has 0 saturated carbocycles. The number of anilines is 1. The van der Waals surface area contributed by atoms with E-state index < -0.39 is 0 Å². The van der Waals surface area contributed by atoms with Crippen molar-refractivity contribution in [3.05, 3.63) is 30.0 Å². The minimum atomic E-state index is -0.191. The van der Waals surface area contributed by atoms with Gasteiger partial charge in [-0.2, -0.15) is 15.1 Å². The third-order valence-corrected chi connectivity index (χ3v) is 2.99. The van der Waals surface area contributed by atoms with Crippen LogP contribution < -0.4 is 9.75 Å². The maximum atomic E-state index is 12.1. The van der Waals surface area contributed by atoms with Crippen LogP contribution in [0.2, 0.25) is 0 Å². The van der Waals surface area contributed by atoms with E-state index >= 15 is 0 Å². The van der Waals surface area contributed by atoms with Crippen LogP contribution in [0.3, 0.4) is 0 Å². The van der Waals surface area contributed by atoms with Crippen LogP contribution in [-0.4, -0.2) is 38.2 Å². The van der Waals surface area contributed by atoms with Gasteiger partial charge in [0.2, 0.25) is 5.88 Å². The Morgan fingerprint density at radius 3 is 2.81 bits per heavy atom. The first kappa shape index (κ1) is 13.2. The molecule has 2 aromatic heterocycles. The number of hydrogen-bond acceptors (Lipinski definition) is 6. The summed E-state index contributed by atoms with van der Waals surface area (Å²) in [4.78, 5) is 24.7. The molecule has 21 heavy (non-hydrogen) atoms. The van der Waals surface area contributed by atoms with Gasteiger partial charge in [-0.1, -0.05) is 0 Å². The molecular weight excluding hydrogens is 272 g/mol. The number of aryl methyl sites for hydroxylation is 2. The predicted molar refractivity (Wildman–Crippen MR) is 75.2 cm³/mol. The van der Waals surface area contributed by atoms with Gasteiger partial charge in [0.25, 0.3) is 11.9 Å². The van der Waals surface area contributed by atoms with E-state index in [2.05, 4.69) is 20.1 Å². The molecule has 0 fully saturated rings. The fourth-order valence-electron chi connectivity index (χ4n) is 2.01. The molecule has 0 unspecified atom stereocenters. The van der Waals surface area contributed by atoms with Crippen molar-refractivity contribution in [3.63, 3.8) is 0 Å². The highest BCUT2D eigenvalue weighted by Crippen LogP contribution is 2.21. The standard InChI is InChI=1S/C13H14N6O2/c1-8-4-11(21-3)16-13(15-8)19-12(20)5-9(17-19)10-6-18(2)7-14-10/h4,6-7H,5H2,1-3H3. The Bertz CT molecular complexity index is 736. The lowest BCUT2D eigenvalue weighted by Crippen LogP contribution is -2.22. The molecule has 1 aliphatic heterocycles. The average molecular weight is 286 g/mol. The Labute approximate surface area is 121 Å². The summed E-state index contributed by atoms with van der Waals surface area (Å²) in [6, 6.07) is 1.69. The SMILES string of the molecule is COc1cc(C)nc(N2N=C(c3cn(C)cn3)CC2=O)n1. The minimum Gasteiger partial charge on any atom is -0.481 e. The van der Waals surface area contributed by atoms with Crippen LogP contribution in [0.5, 0.6) is 5.88 Å². The molecule has 1 amide bonds. The van der Waals surface area contributed by atoms with E-state index in [-0.39, 0.29) is 18.3 Å². The number of carbonyl (C=O) groups is 1. The van der Waals surface area contributed by atoms with Crippen LogP contribution in [0.4, 0.5) is 5.95 Å². The molecule has 3 heterocycles. The van der Waals surface area contributed by atoms with Crippen molar-refractivity contribution < 1.29 is 9.53 Å². The molecule has 0 radical (unpaired) electrons. The molecule has 0 aliphatic carbocycles. The molecule has 0 N–H and O–H groups in total. The monoisotopic (exact) mass is 286 g/mol.